The number of nitrogens with one attached hydrogen (secondary N) is 2. The summed E-state index contributed by atoms with van der Waals surface area (Å²) in [6.45, 7) is 2.07. The van der Waals surface area contributed by atoms with Crippen LogP contribution in [0.1, 0.15) is 34.0 Å². The van der Waals surface area contributed by atoms with E-state index in [9.17, 15) is 4.79 Å². The maximum atomic E-state index is 12.6. The highest BCUT2D eigenvalue weighted by molar-refractivity contribution is 7.15. The maximum absolute atomic E-state index is 12.6. The number of carbonyl (C=O) groups is 1. The molecule has 0 atom stereocenters. The van der Waals surface area contributed by atoms with Crippen molar-refractivity contribution in [3.8, 4) is 11.5 Å². The van der Waals surface area contributed by atoms with E-state index >= 15 is 0 Å². The molecule has 4 rings (SSSR count). The van der Waals surface area contributed by atoms with Crippen LogP contribution in [0.25, 0.3) is 0 Å². The van der Waals surface area contributed by atoms with Gasteiger partial charge in [0.25, 0.3) is 5.91 Å². The van der Waals surface area contributed by atoms with Gasteiger partial charge in [-0.3, -0.25) is 15.1 Å². The van der Waals surface area contributed by atoms with Crippen molar-refractivity contribution in [2.75, 3.05) is 18.4 Å². The van der Waals surface area contributed by atoms with Crippen molar-refractivity contribution in [1.29, 1.82) is 0 Å². The van der Waals surface area contributed by atoms with Crippen LogP contribution in [0, 0.1) is 0 Å². The monoisotopic (exact) mass is 380 g/mol. The zero-order chi connectivity index (χ0) is 18.5. The van der Waals surface area contributed by atoms with Crippen LogP contribution in [0.4, 0.5) is 5.13 Å². The predicted octanol–water partition coefficient (Wildman–Crippen LogP) is 4.05. The minimum Gasteiger partial charge on any atom is -0.457 e. The maximum Gasteiger partial charge on any atom is 0.257 e. The Morgan fingerprint density at radius 2 is 1.96 bits per heavy atom. The number of benzene rings is 1. The van der Waals surface area contributed by atoms with Gasteiger partial charge in [-0.1, -0.05) is 6.07 Å². The van der Waals surface area contributed by atoms with Gasteiger partial charge in [0.05, 0.1) is 0 Å². The molecule has 7 heteroatoms. The summed E-state index contributed by atoms with van der Waals surface area (Å²) in [6.07, 6.45) is 7.44. The summed E-state index contributed by atoms with van der Waals surface area (Å²) in [6, 6.07) is 10.6. The molecule has 0 spiro atoms. The molecule has 0 unspecified atom stereocenters. The molecule has 2 aromatic heterocycles. The number of piperidine rings is 1. The van der Waals surface area contributed by atoms with Crippen molar-refractivity contribution < 1.29 is 9.53 Å². The van der Waals surface area contributed by atoms with E-state index in [4.69, 9.17) is 4.74 Å². The lowest BCUT2D eigenvalue weighted by atomic mass is 9.97. The predicted molar refractivity (Wildman–Crippen MR) is 106 cm³/mol. The van der Waals surface area contributed by atoms with Gasteiger partial charge < -0.3 is 10.1 Å². The van der Waals surface area contributed by atoms with Crippen LogP contribution in [0.2, 0.25) is 0 Å². The highest BCUT2D eigenvalue weighted by atomic mass is 32.1. The molecule has 0 radical (unpaired) electrons. The number of hydrogen-bond donors (Lipinski definition) is 2. The molecule has 1 aliphatic rings. The van der Waals surface area contributed by atoms with Gasteiger partial charge in [0.2, 0.25) is 0 Å². The van der Waals surface area contributed by atoms with Crippen LogP contribution in [0.15, 0.2) is 55.0 Å². The number of pyridine rings is 1. The molecule has 3 aromatic rings. The highest BCUT2D eigenvalue weighted by Crippen LogP contribution is 2.32. The summed E-state index contributed by atoms with van der Waals surface area (Å²) in [4.78, 5) is 22.2. The largest absolute Gasteiger partial charge is 0.457 e. The number of aromatic nitrogens is 2. The Balaban J connectivity index is 1.42. The molecule has 27 heavy (non-hydrogen) atoms. The number of carbonyl (C=O) groups excluding carboxylic acids is 1. The molecule has 3 heterocycles. The summed E-state index contributed by atoms with van der Waals surface area (Å²) in [7, 11) is 0. The molecule has 0 saturated carbocycles. The number of rotatable bonds is 5. The average molecular weight is 380 g/mol. The normalized spacial score (nSPS) is 14.7. The standard InChI is InChI=1S/C20H20N4O2S/c25-19(24-20-23-13-18(27-20)14-4-8-21-9-5-14)15-2-1-3-17(12-15)26-16-6-10-22-11-7-16/h1-3,6-7,10-14,21H,4-5,8-9H2,(H,23,24,25). The van der Waals surface area contributed by atoms with Crippen molar-refractivity contribution in [3.63, 3.8) is 0 Å². The lowest BCUT2D eigenvalue weighted by Crippen LogP contribution is -2.26. The van der Waals surface area contributed by atoms with E-state index in [2.05, 4.69) is 20.6 Å². The van der Waals surface area contributed by atoms with Crippen molar-refractivity contribution in [2.45, 2.75) is 18.8 Å². The second-order valence-electron chi connectivity index (χ2n) is 6.36. The number of nitrogens with zero attached hydrogens (tertiary/aromatic N) is 2. The van der Waals surface area contributed by atoms with Gasteiger partial charge in [0.15, 0.2) is 5.13 Å². The molecule has 1 amide bonds. The molecule has 0 bridgehead atoms. The molecule has 1 fully saturated rings. The van der Waals surface area contributed by atoms with Crippen LogP contribution < -0.4 is 15.4 Å². The van der Waals surface area contributed by atoms with E-state index in [0.717, 1.165) is 25.9 Å². The van der Waals surface area contributed by atoms with Crippen molar-refractivity contribution >= 4 is 22.4 Å². The van der Waals surface area contributed by atoms with Crippen molar-refractivity contribution in [2.24, 2.45) is 0 Å². The summed E-state index contributed by atoms with van der Waals surface area (Å²) < 4.78 is 5.76. The van der Waals surface area contributed by atoms with E-state index in [0.29, 0.717) is 28.1 Å². The Bertz CT molecular complexity index is 907. The second-order valence-corrected chi connectivity index (χ2v) is 7.42. The third kappa shape index (κ3) is 4.50. The Hall–Kier alpha value is -2.77. The SMILES string of the molecule is O=C(Nc1ncc(C2CCNCC2)s1)c1cccc(Oc2ccncc2)c1. The van der Waals surface area contributed by atoms with Gasteiger partial charge in [0, 0.05) is 29.0 Å². The molecule has 138 valence electrons. The first kappa shape index (κ1) is 17.6. The van der Waals surface area contributed by atoms with E-state index in [-0.39, 0.29) is 5.91 Å². The molecular formula is C20H20N4O2S. The fraction of sp³-hybridized carbons (Fsp3) is 0.250. The quantitative estimate of drug-likeness (QED) is 0.698. The molecule has 1 aromatic carbocycles. The van der Waals surface area contributed by atoms with Crippen molar-refractivity contribution in [3.05, 3.63) is 65.4 Å². The first-order valence-corrected chi connectivity index (χ1v) is 9.75. The zero-order valence-electron chi connectivity index (χ0n) is 14.7. The van der Waals surface area contributed by atoms with Gasteiger partial charge in [-0.15, -0.1) is 11.3 Å². The second kappa shape index (κ2) is 8.28. The third-order valence-electron chi connectivity index (χ3n) is 4.47. The number of thiazole rings is 1. The van der Waals surface area contributed by atoms with E-state index in [1.807, 2.05) is 12.3 Å². The van der Waals surface area contributed by atoms with E-state index < -0.39 is 0 Å². The summed E-state index contributed by atoms with van der Waals surface area (Å²) in [5.74, 6) is 1.62. The molecule has 6 nitrogen and oxygen atoms in total. The van der Waals surface area contributed by atoms with Gasteiger partial charge in [-0.25, -0.2) is 4.98 Å². The van der Waals surface area contributed by atoms with Crippen LogP contribution in [-0.2, 0) is 0 Å². The third-order valence-corrected chi connectivity index (χ3v) is 5.54. The molecule has 2 N–H and O–H groups in total. The summed E-state index contributed by atoms with van der Waals surface area (Å²) >= 11 is 1.56. The smallest absolute Gasteiger partial charge is 0.257 e. The number of ether oxygens (including phenoxy) is 1. The first-order valence-electron chi connectivity index (χ1n) is 8.94. The zero-order valence-corrected chi connectivity index (χ0v) is 15.5. The van der Waals surface area contributed by atoms with Crippen LogP contribution in [0.3, 0.4) is 0 Å². The van der Waals surface area contributed by atoms with Gasteiger partial charge in [0.1, 0.15) is 11.5 Å². The summed E-state index contributed by atoms with van der Waals surface area (Å²) in [5.41, 5.74) is 0.528. The Kier molecular flexibility index (Phi) is 5.41. The molecule has 0 aliphatic carbocycles. The highest BCUT2D eigenvalue weighted by Gasteiger charge is 2.18. The van der Waals surface area contributed by atoms with E-state index in [1.54, 1.807) is 54.1 Å². The topological polar surface area (TPSA) is 76.1 Å². The van der Waals surface area contributed by atoms with Gasteiger partial charge >= 0.3 is 0 Å². The minimum absolute atomic E-state index is 0.193. The first-order chi connectivity index (χ1) is 13.3. The Labute approximate surface area is 161 Å². The number of amides is 1. The number of anilines is 1. The minimum atomic E-state index is -0.193. The van der Waals surface area contributed by atoms with Gasteiger partial charge in [-0.05, 0) is 62.2 Å². The fourth-order valence-electron chi connectivity index (χ4n) is 3.05. The van der Waals surface area contributed by atoms with Crippen molar-refractivity contribution in [1.82, 2.24) is 15.3 Å². The van der Waals surface area contributed by atoms with Crippen LogP contribution in [0.5, 0.6) is 11.5 Å². The van der Waals surface area contributed by atoms with Gasteiger partial charge in [-0.2, -0.15) is 0 Å². The van der Waals surface area contributed by atoms with Crippen LogP contribution in [-0.4, -0.2) is 29.0 Å². The fourth-order valence-corrected chi connectivity index (χ4v) is 4.03. The number of hydrogen-bond acceptors (Lipinski definition) is 6. The molecule has 1 saturated heterocycles. The summed E-state index contributed by atoms with van der Waals surface area (Å²) in [5, 5.41) is 6.90. The van der Waals surface area contributed by atoms with E-state index in [1.165, 1.54) is 4.88 Å². The molecule has 1 aliphatic heterocycles. The lowest BCUT2D eigenvalue weighted by molar-refractivity contribution is 0.102. The molecular weight excluding hydrogens is 360 g/mol. The van der Waals surface area contributed by atoms with Crippen LogP contribution >= 0.6 is 11.3 Å². The lowest BCUT2D eigenvalue weighted by Gasteiger charge is -2.20. The Morgan fingerprint density at radius 1 is 1.15 bits per heavy atom. The average Bonchev–Trinajstić information content (AvgIpc) is 3.18. The Morgan fingerprint density at radius 3 is 2.78 bits per heavy atom.